The van der Waals surface area contributed by atoms with E-state index in [2.05, 4.69) is 15.6 Å². The number of benzene rings is 2. The molecule has 0 saturated heterocycles. The first-order valence-electron chi connectivity index (χ1n) is 10.2. The maximum Gasteiger partial charge on any atom is 0.191 e. The summed E-state index contributed by atoms with van der Waals surface area (Å²) in [5.74, 6) is 1.08. The maximum absolute atomic E-state index is 13.1. The monoisotopic (exact) mass is 545 g/mol. The van der Waals surface area contributed by atoms with Gasteiger partial charge in [0.05, 0.1) is 19.3 Å². The van der Waals surface area contributed by atoms with Crippen molar-refractivity contribution in [2.75, 3.05) is 33.4 Å². The third-order valence-corrected chi connectivity index (χ3v) is 4.44. The second-order valence-electron chi connectivity index (χ2n) is 6.95. The summed E-state index contributed by atoms with van der Waals surface area (Å²) >= 11 is 0. The van der Waals surface area contributed by atoms with Gasteiger partial charge in [0.2, 0.25) is 0 Å². The standard InChI is InChI=1S/C23H32FN3O3.HI/c1-4-25-23(27-16-21(28)18-8-10-20(24)11-9-18)26-15-19-7-6-17(2)14-22(19)30-13-5-12-29-3;/h6-11,14,21,28H,4-5,12-13,15-16H2,1-3H3,(H2,25,26,27);1H. The van der Waals surface area contributed by atoms with Gasteiger partial charge in [0.25, 0.3) is 0 Å². The molecule has 6 nitrogen and oxygen atoms in total. The molecule has 0 aromatic heterocycles. The van der Waals surface area contributed by atoms with E-state index in [1.54, 1.807) is 19.2 Å². The summed E-state index contributed by atoms with van der Waals surface area (Å²) in [7, 11) is 1.68. The molecule has 2 aromatic carbocycles. The molecule has 1 atom stereocenters. The van der Waals surface area contributed by atoms with Crippen LogP contribution in [0.15, 0.2) is 47.5 Å². The Kier molecular flexibility index (Phi) is 13.1. The van der Waals surface area contributed by atoms with Crippen molar-refractivity contribution >= 4 is 29.9 Å². The molecule has 0 fully saturated rings. The summed E-state index contributed by atoms with van der Waals surface area (Å²) in [6.45, 7) is 6.61. The van der Waals surface area contributed by atoms with Gasteiger partial charge < -0.3 is 25.2 Å². The van der Waals surface area contributed by atoms with Crippen LogP contribution < -0.4 is 15.4 Å². The van der Waals surface area contributed by atoms with Crippen LogP contribution in [-0.4, -0.2) is 44.5 Å². The van der Waals surface area contributed by atoms with Crippen molar-refractivity contribution in [1.29, 1.82) is 0 Å². The zero-order chi connectivity index (χ0) is 21.8. The number of guanidine groups is 1. The number of aryl methyl sites for hydroxylation is 1. The molecular weight excluding hydrogens is 512 g/mol. The minimum atomic E-state index is -0.770. The van der Waals surface area contributed by atoms with Gasteiger partial charge in [-0.25, -0.2) is 9.38 Å². The van der Waals surface area contributed by atoms with Gasteiger partial charge in [-0.05, 0) is 43.2 Å². The first-order valence-corrected chi connectivity index (χ1v) is 10.2. The Labute approximate surface area is 201 Å². The number of hydrogen-bond donors (Lipinski definition) is 3. The number of hydrogen-bond acceptors (Lipinski definition) is 4. The number of aliphatic hydroxyl groups excluding tert-OH is 1. The molecule has 172 valence electrons. The predicted molar refractivity (Wildman–Crippen MR) is 133 cm³/mol. The molecule has 0 aliphatic carbocycles. The van der Waals surface area contributed by atoms with E-state index in [1.165, 1.54) is 12.1 Å². The first kappa shape index (κ1) is 27.1. The fourth-order valence-corrected chi connectivity index (χ4v) is 2.81. The lowest BCUT2D eigenvalue weighted by molar-refractivity contribution is 0.172. The minimum absolute atomic E-state index is 0. The molecule has 0 spiro atoms. The second kappa shape index (κ2) is 15.0. The highest BCUT2D eigenvalue weighted by Gasteiger charge is 2.09. The lowest BCUT2D eigenvalue weighted by atomic mass is 10.1. The number of nitrogens with zero attached hydrogens (tertiary/aromatic N) is 1. The van der Waals surface area contributed by atoms with E-state index in [1.807, 2.05) is 32.0 Å². The predicted octanol–water partition coefficient (Wildman–Crippen LogP) is 3.96. The van der Waals surface area contributed by atoms with E-state index in [0.717, 1.165) is 23.3 Å². The normalized spacial score (nSPS) is 12.1. The molecule has 0 saturated carbocycles. The molecule has 2 rings (SSSR count). The molecule has 0 aliphatic rings. The summed E-state index contributed by atoms with van der Waals surface area (Å²) < 4.78 is 24.0. The largest absolute Gasteiger partial charge is 0.493 e. The highest BCUT2D eigenvalue weighted by Crippen LogP contribution is 2.21. The van der Waals surface area contributed by atoms with Crippen LogP contribution >= 0.6 is 24.0 Å². The molecule has 0 heterocycles. The Bertz CT molecular complexity index is 803. The first-order chi connectivity index (χ1) is 14.5. The summed E-state index contributed by atoms with van der Waals surface area (Å²) in [6.07, 6.45) is 0.0482. The van der Waals surface area contributed by atoms with Crippen LogP contribution in [0.3, 0.4) is 0 Å². The molecule has 0 bridgehead atoms. The minimum Gasteiger partial charge on any atom is -0.493 e. The SMILES string of the molecule is CCNC(=NCc1ccc(C)cc1OCCCOC)NCC(O)c1ccc(F)cc1.I. The van der Waals surface area contributed by atoms with Crippen LogP contribution in [0, 0.1) is 12.7 Å². The van der Waals surface area contributed by atoms with Gasteiger partial charge in [0, 0.05) is 38.8 Å². The van der Waals surface area contributed by atoms with Gasteiger partial charge >= 0.3 is 0 Å². The highest BCUT2D eigenvalue weighted by molar-refractivity contribution is 14.0. The van der Waals surface area contributed by atoms with Gasteiger partial charge in [-0.2, -0.15) is 0 Å². The number of halogens is 2. The molecule has 3 N–H and O–H groups in total. The summed E-state index contributed by atoms with van der Waals surface area (Å²) in [5, 5.41) is 16.6. The Hall–Kier alpha value is -1.91. The lowest BCUT2D eigenvalue weighted by Gasteiger charge is -2.16. The van der Waals surface area contributed by atoms with Crippen LogP contribution in [-0.2, 0) is 11.3 Å². The van der Waals surface area contributed by atoms with E-state index in [-0.39, 0.29) is 36.3 Å². The fourth-order valence-electron chi connectivity index (χ4n) is 2.81. The molecule has 0 amide bonds. The van der Waals surface area contributed by atoms with Crippen molar-refractivity contribution in [3.8, 4) is 5.75 Å². The van der Waals surface area contributed by atoms with Crippen molar-refractivity contribution < 1.29 is 19.0 Å². The summed E-state index contributed by atoms with van der Waals surface area (Å²) in [6, 6.07) is 11.9. The van der Waals surface area contributed by atoms with Crippen LogP contribution in [0.4, 0.5) is 4.39 Å². The third-order valence-electron chi connectivity index (χ3n) is 4.44. The Balaban J connectivity index is 0.00000480. The zero-order valence-corrected chi connectivity index (χ0v) is 20.7. The quantitative estimate of drug-likeness (QED) is 0.173. The van der Waals surface area contributed by atoms with E-state index >= 15 is 0 Å². The van der Waals surface area contributed by atoms with E-state index in [9.17, 15) is 9.50 Å². The Morgan fingerprint density at radius 2 is 1.87 bits per heavy atom. The van der Waals surface area contributed by atoms with E-state index < -0.39 is 6.10 Å². The highest BCUT2D eigenvalue weighted by atomic mass is 127. The van der Waals surface area contributed by atoms with Gasteiger partial charge in [-0.1, -0.05) is 24.3 Å². The van der Waals surface area contributed by atoms with Gasteiger partial charge in [0.1, 0.15) is 11.6 Å². The molecule has 1 unspecified atom stereocenters. The van der Waals surface area contributed by atoms with Crippen molar-refractivity contribution in [3.63, 3.8) is 0 Å². The van der Waals surface area contributed by atoms with Gasteiger partial charge in [-0.3, -0.25) is 0 Å². The van der Waals surface area contributed by atoms with Crippen LogP contribution in [0.2, 0.25) is 0 Å². The van der Waals surface area contributed by atoms with Crippen LogP contribution in [0.1, 0.15) is 36.1 Å². The average Bonchev–Trinajstić information content (AvgIpc) is 2.74. The molecule has 2 aromatic rings. The zero-order valence-electron chi connectivity index (χ0n) is 18.4. The molecule has 31 heavy (non-hydrogen) atoms. The average molecular weight is 545 g/mol. The Morgan fingerprint density at radius 1 is 1.13 bits per heavy atom. The van der Waals surface area contributed by atoms with E-state index in [0.29, 0.717) is 37.8 Å². The third kappa shape index (κ3) is 9.84. The van der Waals surface area contributed by atoms with E-state index in [4.69, 9.17) is 9.47 Å². The van der Waals surface area contributed by atoms with Crippen molar-refractivity contribution in [1.82, 2.24) is 10.6 Å². The maximum atomic E-state index is 13.1. The molecule has 0 radical (unpaired) electrons. The number of aliphatic imine (C=N–C) groups is 1. The lowest BCUT2D eigenvalue weighted by Crippen LogP contribution is -2.39. The Morgan fingerprint density at radius 3 is 2.55 bits per heavy atom. The summed E-state index contributed by atoms with van der Waals surface area (Å²) in [4.78, 5) is 4.62. The number of aliphatic hydroxyl groups is 1. The summed E-state index contributed by atoms with van der Waals surface area (Å²) in [5.41, 5.74) is 2.75. The number of nitrogens with one attached hydrogen (secondary N) is 2. The smallest absolute Gasteiger partial charge is 0.191 e. The topological polar surface area (TPSA) is 75.1 Å². The fraction of sp³-hybridized carbons (Fsp3) is 0.435. The molecular formula is C23H33FIN3O3. The number of rotatable bonds is 11. The second-order valence-corrected chi connectivity index (χ2v) is 6.95. The van der Waals surface area contributed by atoms with Crippen molar-refractivity contribution in [2.45, 2.75) is 32.9 Å². The van der Waals surface area contributed by atoms with Gasteiger partial charge in [0.15, 0.2) is 5.96 Å². The molecule has 8 heteroatoms. The van der Waals surface area contributed by atoms with Crippen molar-refractivity contribution in [2.24, 2.45) is 4.99 Å². The van der Waals surface area contributed by atoms with Crippen molar-refractivity contribution in [3.05, 3.63) is 65.0 Å². The number of methoxy groups -OCH3 is 1. The molecule has 0 aliphatic heterocycles. The van der Waals surface area contributed by atoms with Gasteiger partial charge in [-0.15, -0.1) is 24.0 Å². The number of ether oxygens (including phenoxy) is 2. The van der Waals surface area contributed by atoms with Crippen LogP contribution in [0.5, 0.6) is 5.75 Å². The van der Waals surface area contributed by atoms with Crippen LogP contribution in [0.25, 0.3) is 0 Å².